The van der Waals surface area contributed by atoms with Crippen molar-refractivity contribution in [1.82, 2.24) is 14.8 Å². The second kappa shape index (κ2) is 16.9. The summed E-state index contributed by atoms with van der Waals surface area (Å²) in [7, 11) is 2.07. The predicted octanol–water partition coefficient (Wildman–Crippen LogP) is 5.65. The van der Waals surface area contributed by atoms with Crippen LogP contribution in [0.25, 0.3) is 0 Å². The van der Waals surface area contributed by atoms with Gasteiger partial charge in [-0.05, 0) is 88.2 Å². The molecule has 3 aromatic rings. The highest BCUT2D eigenvalue weighted by Crippen LogP contribution is 2.28. The van der Waals surface area contributed by atoms with Crippen LogP contribution in [-0.4, -0.2) is 83.4 Å². The lowest BCUT2D eigenvalue weighted by Gasteiger charge is -2.36. The van der Waals surface area contributed by atoms with Gasteiger partial charge in [0.25, 0.3) is 5.91 Å². The molecule has 1 aromatic heterocycles. The molecule has 10 nitrogen and oxygen atoms in total. The van der Waals surface area contributed by atoms with Crippen LogP contribution in [0.2, 0.25) is 0 Å². The maximum Gasteiger partial charge on any atom is 0.323 e. The topological polar surface area (TPSA) is 116 Å². The number of nitrogens with one attached hydrogen (secondary N) is 2. The lowest BCUT2D eigenvalue weighted by Crippen LogP contribution is -2.47. The highest BCUT2D eigenvalue weighted by atomic mass is 16.5. The molecule has 10 heteroatoms. The van der Waals surface area contributed by atoms with Crippen molar-refractivity contribution in [3.63, 3.8) is 0 Å². The quantitative estimate of drug-likeness (QED) is 0.299. The van der Waals surface area contributed by atoms with Gasteiger partial charge in [0.1, 0.15) is 5.75 Å². The van der Waals surface area contributed by atoms with Crippen LogP contribution < -0.4 is 15.4 Å². The van der Waals surface area contributed by atoms with Crippen LogP contribution in [0.1, 0.15) is 56.0 Å². The van der Waals surface area contributed by atoms with Crippen LogP contribution in [0.5, 0.6) is 5.75 Å². The van der Waals surface area contributed by atoms with E-state index in [0.29, 0.717) is 42.4 Å². The Morgan fingerprint density at radius 1 is 1.07 bits per heavy atom. The van der Waals surface area contributed by atoms with E-state index in [0.717, 1.165) is 25.8 Å². The molecule has 3 N–H and O–H groups in total. The molecule has 0 saturated heterocycles. The predicted molar refractivity (Wildman–Crippen MR) is 177 cm³/mol. The van der Waals surface area contributed by atoms with Gasteiger partial charge in [0.2, 0.25) is 0 Å². The lowest BCUT2D eigenvalue weighted by molar-refractivity contribution is -0.0177. The number of aromatic nitrogens is 1. The number of para-hydroxylation sites is 1. The Labute approximate surface area is 266 Å². The minimum Gasteiger partial charge on any atom is -0.490 e. The van der Waals surface area contributed by atoms with Gasteiger partial charge in [-0.1, -0.05) is 25.1 Å². The van der Waals surface area contributed by atoms with Gasteiger partial charge in [-0.2, -0.15) is 0 Å². The number of amides is 3. The number of aliphatic hydroxyl groups excluding tert-OH is 1. The van der Waals surface area contributed by atoms with Gasteiger partial charge in [-0.3, -0.25) is 14.7 Å². The van der Waals surface area contributed by atoms with E-state index in [-0.39, 0.29) is 30.6 Å². The standard InChI is InChI=1S/C35H47N5O5/c1-25-21-40(26(2)24-41)34(42)31-20-30(38-35(43)37-29-11-6-5-7-12-29)13-14-32(31)45-27(3)10-8-9-19-44-33(25)23-39(4)22-28-15-17-36-18-16-28/h5-7,11-18,20,25-27,33,41H,8-10,19,21-24H2,1-4H3,(H2,37,38,43)/t25-,26-,27-,33+/m1/s1. The molecule has 0 radical (unpaired) electrons. The summed E-state index contributed by atoms with van der Waals surface area (Å²) in [5.74, 6) is 0.136. The van der Waals surface area contributed by atoms with Crippen LogP contribution in [0.3, 0.4) is 0 Å². The second-order valence-corrected chi connectivity index (χ2v) is 12.0. The number of pyridine rings is 1. The smallest absolute Gasteiger partial charge is 0.323 e. The van der Waals surface area contributed by atoms with E-state index in [1.165, 1.54) is 5.56 Å². The first-order chi connectivity index (χ1) is 21.7. The molecular weight excluding hydrogens is 570 g/mol. The molecule has 0 bridgehead atoms. The van der Waals surface area contributed by atoms with E-state index in [9.17, 15) is 14.7 Å². The van der Waals surface area contributed by atoms with E-state index in [1.54, 1.807) is 47.6 Å². The zero-order valence-electron chi connectivity index (χ0n) is 26.8. The molecular formula is C35H47N5O5. The third kappa shape index (κ3) is 10.3. The van der Waals surface area contributed by atoms with Gasteiger partial charge in [-0.25, -0.2) is 4.79 Å². The highest BCUT2D eigenvalue weighted by molar-refractivity contribution is 6.02. The van der Waals surface area contributed by atoms with Crippen LogP contribution >= 0.6 is 0 Å². The maximum atomic E-state index is 14.3. The maximum absolute atomic E-state index is 14.3. The minimum absolute atomic E-state index is 0.0352. The summed E-state index contributed by atoms with van der Waals surface area (Å²) in [4.78, 5) is 35.1. The molecule has 242 valence electrons. The number of benzene rings is 2. The minimum atomic E-state index is -0.452. The summed E-state index contributed by atoms with van der Waals surface area (Å²) in [5, 5.41) is 15.8. The van der Waals surface area contributed by atoms with Crippen molar-refractivity contribution < 1.29 is 24.2 Å². The highest BCUT2D eigenvalue weighted by Gasteiger charge is 2.30. The first-order valence-corrected chi connectivity index (χ1v) is 15.8. The number of ether oxygens (including phenoxy) is 2. The van der Waals surface area contributed by atoms with Crippen LogP contribution in [0, 0.1) is 5.92 Å². The summed E-state index contributed by atoms with van der Waals surface area (Å²) in [6, 6.07) is 17.4. The molecule has 2 aromatic carbocycles. The second-order valence-electron chi connectivity index (χ2n) is 12.0. The largest absolute Gasteiger partial charge is 0.490 e. The summed E-state index contributed by atoms with van der Waals surface area (Å²) in [5.41, 5.74) is 2.61. The zero-order valence-corrected chi connectivity index (χ0v) is 26.8. The first kappa shape index (κ1) is 33.9. The molecule has 0 fully saturated rings. The Balaban J connectivity index is 1.59. The van der Waals surface area contributed by atoms with E-state index in [1.807, 2.05) is 44.2 Å². The van der Waals surface area contributed by atoms with E-state index >= 15 is 0 Å². The molecule has 1 aliphatic heterocycles. The Hall–Kier alpha value is -3.99. The van der Waals surface area contributed by atoms with E-state index in [4.69, 9.17) is 9.47 Å². The van der Waals surface area contributed by atoms with Gasteiger partial charge in [0.15, 0.2) is 0 Å². The average molecular weight is 618 g/mol. The fourth-order valence-electron chi connectivity index (χ4n) is 5.45. The Bertz CT molecular complexity index is 1360. The number of fused-ring (bicyclic) bond motifs is 1. The Kier molecular flexibility index (Phi) is 12.7. The number of rotatable bonds is 8. The molecule has 0 unspecified atom stereocenters. The van der Waals surface area contributed by atoms with E-state index < -0.39 is 12.1 Å². The third-order valence-corrected chi connectivity index (χ3v) is 8.03. The number of likely N-dealkylation sites (N-methyl/N-ethyl adjacent to an activating group) is 1. The number of urea groups is 1. The molecule has 0 spiro atoms. The fourth-order valence-corrected chi connectivity index (χ4v) is 5.45. The van der Waals surface area contributed by atoms with Crippen LogP contribution in [0.15, 0.2) is 73.1 Å². The van der Waals surface area contributed by atoms with Gasteiger partial charge in [0.05, 0.1) is 30.4 Å². The van der Waals surface area contributed by atoms with Gasteiger partial charge in [0, 0.05) is 55.9 Å². The molecule has 4 rings (SSSR count). The molecule has 2 heterocycles. The SMILES string of the molecule is C[C@@H]1CCCCO[C@@H](CN(C)Cc2ccncc2)[C@H](C)CN([C@H](C)CO)C(=O)c2cc(NC(=O)Nc3ccccc3)ccc2O1. The van der Waals surface area contributed by atoms with E-state index in [2.05, 4.69) is 34.5 Å². The number of carbonyl (C=O) groups excluding carboxylic acids is 2. The molecule has 4 atom stereocenters. The summed E-state index contributed by atoms with van der Waals surface area (Å²) in [6.45, 7) is 8.13. The average Bonchev–Trinajstić information content (AvgIpc) is 3.03. The number of hydrogen-bond donors (Lipinski definition) is 3. The zero-order chi connectivity index (χ0) is 32.2. The number of carbonyl (C=O) groups is 2. The van der Waals surface area contributed by atoms with Crippen molar-refractivity contribution in [2.75, 3.05) is 44.0 Å². The monoisotopic (exact) mass is 617 g/mol. The number of nitrogens with zero attached hydrogens (tertiary/aromatic N) is 3. The fraction of sp³-hybridized carbons (Fsp3) is 0.457. The third-order valence-electron chi connectivity index (χ3n) is 8.03. The molecule has 1 aliphatic rings. The molecule has 0 aliphatic carbocycles. The molecule has 45 heavy (non-hydrogen) atoms. The normalized spacial score (nSPS) is 20.4. The molecule has 3 amide bonds. The van der Waals surface area contributed by atoms with Gasteiger partial charge in [-0.15, -0.1) is 0 Å². The van der Waals surface area contributed by atoms with Crippen LogP contribution in [0.4, 0.5) is 16.2 Å². The van der Waals surface area contributed by atoms with Crippen molar-refractivity contribution in [3.05, 3.63) is 84.2 Å². The lowest BCUT2D eigenvalue weighted by atomic mass is 10.0. The van der Waals surface area contributed by atoms with Crippen LogP contribution in [-0.2, 0) is 11.3 Å². The Morgan fingerprint density at radius 2 is 1.80 bits per heavy atom. The Morgan fingerprint density at radius 3 is 2.53 bits per heavy atom. The first-order valence-electron chi connectivity index (χ1n) is 15.8. The number of hydrogen-bond acceptors (Lipinski definition) is 7. The van der Waals surface area contributed by atoms with Gasteiger partial charge < -0.3 is 30.1 Å². The van der Waals surface area contributed by atoms with Crippen molar-refractivity contribution in [3.8, 4) is 5.75 Å². The van der Waals surface area contributed by atoms with Crippen molar-refractivity contribution in [2.45, 2.75) is 64.8 Å². The number of aliphatic hydroxyl groups is 1. The van der Waals surface area contributed by atoms with Crippen molar-refractivity contribution in [2.24, 2.45) is 5.92 Å². The summed E-state index contributed by atoms with van der Waals surface area (Å²) < 4.78 is 12.8. The van der Waals surface area contributed by atoms with Crippen molar-refractivity contribution in [1.29, 1.82) is 0 Å². The summed E-state index contributed by atoms with van der Waals surface area (Å²) >= 11 is 0. The number of anilines is 2. The summed E-state index contributed by atoms with van der Waals surface area (Å²) in [6.07, 6.45) is 5.94. The van der Waals surface area contributed by atoms with Crippen molar-refractivity contribution >= 4 is 23.3 Å². The molecule has 0 saturated carbocycles. The van der Waals surface area contributed by atoms with Gasteiger partial charge >= 0.3 is 6.03 Å².